The minimum absolute atomic E-state index is 0.00547. The molecule has 1 aliphatic rings. The molecule has 4 rings (SSSR count). The summed E-state index contributed by atoms with van der Waals surface area (Å²) in [4.78, 5) is 21.9. The maximum Gasteiger partial charge on any atom is 0.253 e. The van der Waals surface area contributed by atoms with Gasteiger partial charge in [-0.2, -0.15) is 0 Å². The number of nitrogens with one attached hydrogen (secondary N) is 2. The molecule has 136 valence electrons. The van der Waals surface area contributed by atoms with E-state index in [1.165, 1.54) is 5.69 Å². The third-order valence-electron chi connectivity index (χ3n) is 4.75. The number of nitrogens with zero attached hydrogens (tertiary/aromatic N) is 2. The highest BCUT2D eigenvalue weighted by molar-refractivity contribution is 5.97. The third kappa shape index (κ3) is 3.62. The fourth-order valence-corrected chi connectivity index (χ4v) is 3.22. The van der Waals surface area contributed by atoms with Crippen LogP contribution in [0.25, 0.3) is 23.4 Å². The van der Waals surface area contributed by atoms with Crippen molar-refractivity contribution in [3.63, 3.8) is 0 Å². The Balaban J connectivity index is 1.57. The lowest BCUT2D eigenvalue weighted by atomic mass is 10.1. The van der Waals surface area contributed by atoms with Gasteiger partial charge in [0.1, 0.15) is 0 Å². The molecule has 1 amide bonds. The molecule has 0 radical (unpaired) electrons. The van der Waals surface area contributed by atoms with Crippen LogP contribution in [0.3, 0.4) is 0 Å². The minimum atomic E-state index is -0.00547. The molecule has 2 aromatic heterocycles. The van der Waals surface area contributed by atoms with Crippen molar-refractivity contribution in [2.45, 2.75) is 6.42 Å². The second kappa shape index (κ2) is 7.11. The second-order valence-electron chi connectivity index (χ2n) is 6.87. The minimum Gasteiger partial charge on any atom is -0.378 e. The molecule has 3 aromatic rings. The fraction of sp³-hybridized carbons (Fsp3) is 0.182. The van der Waals surface area contributed by atoms with Crippen molar-refractivity contribution < 1.29 is 4.79 Å². The molecule has 0 saturated carbocycles. The first kappa shape index (κ1) is 17.1. The fourth-order valence-electron chi connectivity index (χ4n) is 3.22. The first-order valence-electron chi connectivity index (χ1n) is 9.02. The summed E-state index contributed by atoms with van der Waals surface area (Å²) in [6.07, 6.45) is 6.69. The van der Waals surface area contributed by atoms with Crippen LogP contribution in [0.5, 0.6) is 0 Å². The molecule has 0 spiro atoms. The van der Waals surface area contributed by atoms with Gasteiger partial charge in [0.15, 0.2) is 0 Å². The first-order chi connectivity index (χ1) is 13.1. The zero-order valence-corrected chi connectivity index (χ0v) is 15.5. The van der Waals surface area contributed by atoms with E-state index < -0.39 is 0 Å². The Labute approximate surface area is 158 Å². The van der Waals surface area contributed by atoms with E-state index >= 15 is 0 Å². The lowest BCUT2D eigenvalue weighted by Gasteiger charge is -2.11. The molecule has 5 heteroatoms. The van der Waals surface area contributed by atoms with Gasteiger partial charge in [0, 0.05) is 55.9 Å². The average Bonchev–Trinajstić information content (AvgIpc) is 3.13. The van der Waals surface area contributed by atoms with E-state index in [9.17, 15) is 4.79 Å². The number of carbonyl (C=O) groups is 1. The van der Waals surface area contributed by atoms with Crippen molar-refractivity contribution in [1.82, 2.24) is 15.3 Å². The quantitative estimate of drug-likeness (QED) is 0.749. The maximum atomic E-state index is 12.0. The Morgan fingerprint density at radius 2 is 1.89 bits per heavy atom. The molecular formula is C22H22N4O. The van der Waals surface area contributed by atoms with Gasteiger partial charge in [0.05, 0.1) is 11.3 Å². The van der Waals surface area contributed by atoms with Crippen LogP contribution >= 0.6 is 0 Å². The Morgan fingerprint density at radius 1 is 1.07 bits per heavy atom. The van der Waals surface area contributed by atoms with Gasteiger partial charge in [-0.1, -0.05) is 18.2 Å². The molecule has 5 nitrogen and oxygen atoms in total. The SMILES string of the molecule is CN(C)c1ccc(/C=C/c2cc(-c3cc4c([nH]3)CCNC4=O)ccn2)cc1. The molecule has 1 aliphatic heterocycles. The van der Waals surface area contributed by atoms with Gasteiger partial charge in [0.2, 0.25) is 0 Å². The molecule has 0 unspecified atom stereocenters. The summed E-state index contributed by atoms with van der Waals surface area (Å²) in [7, 11) is 4.06. The highest BCUT2D eigenvalue weighted by atomic mass is 16.1. The predicted octanol–water partition coefficient (Wildman–Crippen LogP) is 3.60. The van der Waals surface area contributed by atoms with Crippen LogP contribution in [0.2, 0.25) is 0 Å². The molecule has 0 aliphatic carbocycles. The summed E-state index contributed by atoms with van der Waals surface area (Å²) in [6, 6.07) is 14.3. The van der Waals surface area contributed by atoms with E-state index in [1.807, 2.05) is 38.4 Å². The predicted molar refractivity (Wildman–Crippen MR) is 110 cm³/mol. The van der Waals surface area contributed by atoms with Crippen LogP contribution in [-0.2, 0) is 6.42 Å². The Morgan fingerprint density at radius 3 is 2.63 bits per heavy atom. The molecule has 3 heterocycles. The molecule has 0 bridgehead atoms. The van der Waals surface area contributed by atoms with Crippen molar-refractivity contribution in [3.8, 4) is 11.3 Å². The topological polar surface area (TPSA) is 61.0 Å². The number of hydrogen-bond acceptors (Lipinski definition) is 3. The lowest BCUT2D eigenvalue weighted by Crippen LogP contribution is -2.31. The summed E-state index contributed by atoms with van der Waals surface area (Å²) in [5.41, 5.74) is 6.89. The number of H-pyrrole nitrogens is 1. The Kier molecular flexibility index (Phi) is 4.50. The van der Waals surface area contributed by atoms with Crippen LogP contribution < -0.4 is 10.2 Å². The number of aromatic nitrogens is 2. The number of fused-ring (bicyclic) bond motifs is 1. The molecule has 1 aromatic carbocycles. The number of hydrogen-bond donors (Lipinski definition) is 2. The van der Waals surface area contributed by atoms with Crippen LogP contribution in [0.4, 0.5) is 5.69 Å². The van der Waals surface area contributed by atoms with E-state index in [-0.39, 0.29) is 5.91 Å². The number of aromatic amines is 1. The summed E-state index contributed by atoms with van der Waals surface area (Å²) >= 11 is 0. The van der Waals surface area contributed by atoms with Crippen LogP contribution in [0, 0.1) is 0 Å². The van der Waals surface area contributed by atoms with Crippen LogP contribution in [-0.4, -0.2) is 36.5 Å². The largest absolute Gasteiger partial charge is 0.378 e. The van der Waals surface area contributed by atoms with Crippen LogP contribution in [0.15, 0.2) is 48.7 Å². The Bertz CT molecular complexity index is 999. The monoisotopic (exact) mass is 358 g/mol. The van der Waals surface area contributed by atoms with E-state index in [0.717, 1.165) is 40.2 Å². The van der Waals surface area contributed by atoms with Gasteiger partial charge in [-0.05, 0) is 42.0 Å². The lowest BCUT2D eigenvalue weighted by molar-refractivity contribution is 0.0946. The van der Waals surface area contributed by atoms with Gasteiger partial charge >= 0.3 is 0 Å². The average molecular weight is 358 g/mol. The van der Waals surface area contributed by atoms with E-state index in [2.05, 4.69) is 50.5 Å². The van der Waals surface area contributed by atoms with Crippen molar-refractivity contribution in [2.24, 2.45) is 0 Å². The first-order valence-corrected chi connectivity index (χ1v) is 9.02. The summed E-state index contributed by atoms with van der Waals surface area (Å²) in [5, 5.41) is 2.88. The normalized spacial score (nSPS) is 13.5. The smallest absolute Gasteiger partial charge is 0.253 e. The molecule has 0 atom stereocenters. The molecule has 27 heavy (non-hydrogen) atoms. The zero-order chi connectivity index (χ0) is 18.8. The van der Waals surface area contributed by atoms with E-state index in [1.54, 1.807) is 6.20 Å². The highest BCUT2D eigenvalue weighted by Gasteiger charge is 2.19. The van der Waals surface area contributed by atoms with Crippen molar-refractivity contribution in [1.29, 1.82) is 0 Å². The van der Waals surface area contributed by atoms with Gasteiger partial charge < -0.3 is 15.2 Å². The van der Waals surface area contributed by atoms with Crippen molar-refractivity contribution in [3.05, 3.63) is 71.2 Å². The molecule has 2 N–H and O–H groups in total. The Hall–Kier alpha value is -3.34. The number of amides is 1. The van der Waals surface area contributed by atoms with Gasteiger partial charge in [-0.15, -0.1) is 0 Å². The molecular weight excluding hydrogens is 336 g/mol. The number of anilines is 1. The standard InChI is InChI=1S/C22H22N4O/c1-26(2)18-7-4-15(5-8-18)3-6-17-13-16(9-11-23-17)21-14-19-20(25-21)10-12-24-22(19)27/h3-9,11,13-14,25H,10,12H2,1-2H3,(H,24,27)/b6-3+. The van der Waals surface area contributed by atoms with Crippen molar-refractivity contribution in [2.75, 3.05) is 25.5 Å². The summed E-state index contributed by atoms with van der Waals surface area (Å²) in [5.74, 6) is -0.00547. The second-order valence-corrected chi connectivity index (χ2v) is 6.87. The van der Waals surface area contributed by atoms with Crippen LogP contribution in [0.1, 0.15) is 27.3 Å². The summed E-state index contributed by atoms with van der Waals surface area (Å²) < 4.78 is 0. The van der Waals surface area contributed by atoms with E-state index in [4.69, 9.17) is 0 Å². The molecule has 0 fully saturated rings. The highest BCUT2D eigenvalue weighted by Crippen LogP contribution is 2.24. The van der Waals surface area contributed by atoms with E-state index in [0.29, 0.717) is 6.54 Å². The number of rotatable bonds is 4. The number of pyridine rings is 1. The number of benzene rings is 1. The van der Waals surface area contributed by atoms with Gasteiger partial charge in [-0.25, -0.2) is 0 Å². The summed E-state index contributed by atoms with van der Waals surface area (Å²) in [6.45, 7) is 0.683. The molecule has 0 saturated heterocycles. The van der Waals surface area contributed by atoms with Crippen molar-refractivity contribution >= 4 is 23.7 Å². The zero-order valence-electron chi connectivity index (χ0n) is 15.5. The van der Waals surface area contributed by atoms with Gasteiger partial charge in [-0.3, -0.25) is 9.78 Å². The third-order valence-corrected chi connectivity index (χ3v) is 4.75. The number of carbonyl (C=O) groups excluding carboxylic acids is 1. The van der Waals surface area contributed by atoms with Gasteiger partial charge in [0.25, 0.3) is 5.91 Å². The maximum absolute atomic E-state index is 12.0.